The van der Waals surface area contributed by atoms with E-state index in [9.17, 15) is 19.7 Å². The highest BCUT2D eigenvalue weighted by Crippen LogP contribution is 2.26. The molecule has 1 aromatic carbocycles. The molecule has 0 aliphatic rings. The Bertz CT molecular complexity index is 535. The van der Waals surface area contributed by atoms with E-state index in [-0.39, 0.29) is 29.5 Å². The van der Waals surface area contributed by atoms with Gasteiger partial charge in [0, 0.05) is 12.1 Å². The quantitative estimate of drug-likeness (QED) is 0.490. The van der Waals surface area contributed by atoms with Crippen LogP contribution in [0.2, 0.25) is 5.02 Å². The highest BCUT2D eigenvalue weighted by molar-refractivity contribution is 6.33. The lowest BCUT2D eigenvalue weighted by Crippen LogP contribution is -2.34. The molecule has 9 heteroatoms. The average Bonchev–Trinajstić information content (AvgIpc) is 2.39. The van der Waals surface area contributed by atoms with E-state index in [4.69, 9.17) is 11.6 Å². The van der Waals surface area contributed by atoms with Crippen LogP contribution in [0.5, 0.6) is 0 Å². The van der Waals surface area contributed by atoms with E-state index in [1.807, 2.05) is 0 Å². The molecule has 0 aliphatic heterocycles. The van der Waals surface area contributed by atoms with Gasteiger partial charge in [-0.3, -0.25) is 14.9 Å². The lowest BCUT2D eigenvalue weighted by Gasteiger charge is -2.08. The molecule has 0 aliphatic carbocycles. The summed E-state index contributed by atoms with van der Waals surface area (Å²) in [6.45, 7) is 1.53. The van der Waals surface area contributed by atoms with Crippen molar-refractivity contribution in [1.29, 1.82) is 0 Å². The molecule has 8 nitrogen and oxygen atoms in total. The molecule has 20 heavy (non-hydrogen) atoms. The number of hydrogen-bond acceptors (Lipinski definition) is 5. The van der Waals surface area contributed by atoms with Gasteiger partial charge in [0.1, 0.15) is 6.54 Å². The molecule has 0 saturated carbocycles. The number of halogens is 1. The van der Waals surface area contributed by atoms with Crippen molar-refractivity contribution < 1.29 is 19.2 Å². The smallest absolute Gasteiger partial charge is 0.325 e. The molecule has 108 valence electrons. The van der Waals surface area contributed by atoms with Crippen LogP contribution in [0.4, 0.5) is 16.2 Å². The zero-order chi connectivity index (χ0) is 15.1. The van der Waals surface area contributed by atoms with Crippen LogP contribution in [-0.2, 0) is 9.53 Å². The molecule has 0 bridgehead atoms. The number of amides is 2. The van der Waals surface area contributed by atoms with E-state index in [2.05, 4.69) is 15.4 Å². The van der Waals surface area contributed by atoms with Crippen molar-refractivity contribution >= 4 is 35.0 Å². The fourth-order valence-corrected chi connectivity index (χ4v) is 1.42. The third-order valence-electron chi connectivity index (χ3n) is 2.11. The lowest BCUT2D eigenvalue weighted by molar-refractivity contribution is -0.384. The second-order valence-electron chi connectivity index (χ2n) is 3.53. The molecule has 0 radical (unpaired) electrons. The van der Waals surface area contributed by atoms with Gasteiger partial charge in [-0.05, 0) is 13.0 Å². The van der Waals surface area contributed by atoms with Crippen molar-refractivity contribution in [3.8, 4) is 0 Å². The Labute approximate surface area is 119 Å². The zero-order valence-electron chi connectivity index (χ0n) is 10.5. The minimum atomic E-state index is -0.722. The number of benzene rings is 1. The van der Waals surface area contributed by atoms with Crippen LogP contribution in [0.25, 0.3) is 0 Å². The van der Waals surface area contributed by atoms with Crippen LogP contribution in [0.3, 0.4) is 0 Å². The van der Waals surface area contributed by atoms with Gasteiger partial charge in [-0.2, -0.15) is 0 Å². The largest absolute Gasteiger partial charge is 0.465 e. The first kappa shape index (κ1) is 15.7. The van der Waals surface area contributed by atoms with Crippen LogP contribution in [0, 0.1) is 10.1 Å². The number of carbonyl (C=O) groups is 2. The molecule has 0 aromatic heterocycles. The van der Waals surface area contributed by atoms with E-state index in [0.29, 0.717) is 0 Å². The topological polar surface area (TPSA) is 111 Å². The number of non-ortho nitro benzene ring substituents is 1. The van der Waals surface area contributed by atoms with E-state index in [1.165, 1.54) is 12.1 Å². The summed E-state index contributed by atoms with van der Waals surface area (Å²) in [6, 6.07) is 2.90. The number of rotatable bonds is 5. The van der Waals surface area contributed by atoms with E-state index in [1.54, 1.807) is 6.92 Å². The Morgan fingerprint density at radius 3 is 2.75 bits per heavy atom. The molecule has 0 unspecified atom stereocenters. The average molecular weight is 302 g/mol. The maximum absolute atomic E-state index is 11.5. The Hall–Kier alpha value is -2.35. The number of nitro groups is 1. The van der Waals surface area contributed by atoms with Crippen molar-refractivity contribution in [2.45, 2.75) is 6.92 Å². The van der Waals surface area contributed by atoms with Gasteiger partial charge in [0.25, 0.3) is 5.69 Å². The number of nitro benzene ring substituents is 1. The minimum absolute atomic E-state index is 0.0715. The second-order valence-corrected chi connectivity index (χ2v) is 3.94. The number of hydrogen-bond donors (Lipinski definition) is 2. The third kappa shape index (κ3) is 4.73. The number of ether oxygens (including phenoxy) is 1. The molecular weight excluding hydrogens is 290 g/mol. The van der Waals surface area contributed by atoms with Crippen LogP contribution in [0.15, 0.2) is 18.2 Å². The minimum Gasteiger partial charge on any atom is -0.465 e. The standard InChI is InChI=1S/C11H12ClN3O5/c1-2-20-10(16)6-13-11(17)14-9-5-7(15(18)19)3-4-8(9)12/h3-5H,2,6H2,1H3,(H2,13,14,17). The predicted molar refractivity (Wildman–Crippen MR) is 71.8 cm³/mol. The van der Waals surface area contributed by atoms with E-state index < -0.39 is 16.9 Å². The number of esters is 1. The first-order chi connectivity index (χ1) is 9.43. The number of anilines is 1. The van der Waals surface area contributed by atoms with E-state index >= 15 is 0 Å². The zero-order valence-corrected chi connectivity index (χ0v) is 11.3. The van der Waals surface area contributed by atoms with Gasteiger partial charge in [0.15, 0.2) is 0 Å². The van der Waals surface area contributed by atoms with Crippen LogP contribution < -0.4 is 10.6 Å². The van der Waals surface area contributed by atoms with E-state index in [0.717, 1.165) is 6.07 Å². The van der Waals surface area contributed by atoms with Gasteiger partial charge in [-0.1, -0.05) is 11.6 Å². The second kappa shape index (κ2) is 7.29. The molecular formula is C11H12ClN3O5. The summed E-state index contributed by atoms with van der Waals surface area (Å²) in [5.74, 6) is -0.590. The summed E-state index contributed by atoms with van der Waals surface area (Å²) < 4.78 is 4.62. The summed E-state index contributed by atoms with van der Waals surface area (Å²) in [7, 11) is 0. The van der Waals surface area contributed by atoms with Crippen molar-refractivity contribution in [2.75, 3.05) is 18.5 Å². The summed E-state index contributed by atoms with van der Waals surface area (Å²) in [4.78, 5) is 32.5. The molecule has 1 aromatic rings. The first-order valence-corrected chi connectivity index (χ1v) is 5.96. The van der Waals surface area contributed by atoms with Gasteiger partial charge >= 0.3 is 12.0 Å². The molecule has 2 amide bonds. The highest BCUT2D eigenvalue weighted by atomic mass is 35.5. The summed E-state index contributed by atoms with van der Waals surface area (Å²) in [5, 5.41) is 15.3. The van der Waals surface area contributed by atoms with Gasteiger partial charge in [-0.25, -0.2) is 4.79 Å². The number of carbonyl (C=O) groups excluding carboxylic acids is 2. The predicted octanol–water partition coefficient (Wildman–Crippen LogP) is 1.93. The van der Waals surface area contributed by atoms with Crippen molar-refractivity contribution in [3.63, 3.8) is 0 Å². The SMILES string of the molecule is CCOC(=O)CNC(=O)Nc1cc([N+](=O)[O-])ccc1Cl. The Morgan fingerprint density at radius 1 is 1.45 bits per heavy atom. The normalized spacial score (nSPS) is 9.70. The molecule has 0 spiro atoms. The molecule has 0 fully saturated rings. The van der Waals surface area contributed by atoms with Crippen molar-refractivity contribution in [1.82, 2.24) is 5.32 Å². The summed E-state index contributed by atoms with van der Waals surface area (Å²) in [6.07, 6.45) is 0. The van der Waals surface area contributed by atoms with Gasteiger partial charge in [-0.15, -0.1) is 0 Å². The fraction of sp³-hybridized carbons (Fsp3) is 0.273. The molecule has 0 heterocycles. The highest BCUT2D eigenvalue weighted by Gasteiger charge is 2.12. The molecule has 0 saturated heterocycles. The maximum Gasteiger partial charge on any atom is 0.325 e. The van der Waals surface area contributed by atoms with Crippen LogP contribution in [0.1, 0.15) is 6.92 Å². The van der Waals surface area contributed by atoms with Crippen molar-refractivity contribution in [3.05, 3.63) is 33.3 Å². The number of nitrogens with zero attached hydrogens (tertiary/aromatic N) is 1. The molecule has 1 rings (SSSR count). The Kier molecular flexibility index (Phi) is 5.73. The molecule has 2 N–H and O–H groups in total. The molecule has 0 atom stereocenters. The Balaban J connectivity index is 2.63. The third-order valence-corrected chi connectivity index (χ3v) is 2.44. The monoisotopic (exact) mass is 301 g/mol. The van der Waals surface area contributed by atoms with Crippen LogP contribution in [-0.4, -0.2) is 30.1 Å². The van der Waals surface area contributed by atoms with Crippen LogP contribution >= 0.6 is 11.6 Å². The Morgan fingerprint density at radius 2 is 2.15 bits per heavy atom. The maximum atomic E-state index is 11.5. The van der Waals surface area contributed by atoms with Crippen molar-refractivity contribution in [2.24, 2.45) is 0 Å². The first-order valence-electron chi connectivity index (χ1n) is 5.58. The summed E-state index contributed by atoms with van der Waals surface area (Å²) >= 11 is 5.80. The van der Waals surface area contributed by atoms with Gasteiger partial charge in [0.05, 0.1) is 22.2 Å². The number of nitrogens with one attached hydrogen (secondary N) is 2. The number of urea groups is 1. The fourth-order valence-electron chi connectivity index (χ4n) is 1.25. The van der Waals surface area contributed by atoms with Gasteiger partial charge < -0.3 is 15.4 Å². The lowest BCUT2D eigenvalue weighted by atomic mass is 10.3. The summed E-state index contributed by atoms with van der Waals surface area (Å²) in [5.41, 5.74) is -0.141. The van der Waals surface area contributed by atoms with Gasteiger partial charge in [0.2, 0.25) is 0 Å².